The molecule has 1 rings (SSSR count). The van der Waals surface area contributed by atoms with Gasteiger partial charge in [-0.25, -0.2) is 9.97 Å². The predicted molar refractivity (Wildman–Crippen MR) is 63.8 cm³/mol. The zero-order valence-corrected chi connectivity index (χ0v) is 8.53. The minimum Gasteiger partial charge on any atom is -0.393 e. The summed E-state index contributed by atoms with van der Waals surface area (Å²) >= 11 is 0. The van der Waals surface area contributed by atoms with Gasteiger partial charge in [0.1, 0.15) is 12.0 Å². The molecule has 15 heavy (non-hydrogen) atoms. The molecule has 80 valence electrons. The number of nitrogens with zero attached hydrogens (tertiary/aromatic N) is 2. The average molecular weight is 205 g/mol. The van der Waals surface area contributed by atoms with Crippen LogP contribution in [0.3, 0.4) is 0 Å². The van der Waals surface area contributed by atoms with E-state index in [1.165, 1.54) is 6.33 Å². The molecule has 0 aliphatic carbocycles. The molecule has 0 saturated carbocycles. The zero-order chi connectivity index (χ0) is 11.1. The number of hydrogen-bond donors (Lipinski definition) is 3. The van der Waals surface area contributed by atoms with Gasteiger partial charge in [-0.2, -0.15) is 0 Å². The van der Waals surface area contributed by atoms with Gasteiger partial charge in [0.25, 0.3) is 0 Å². The van der Waals surface area contributed by atoms with Crippen LogP contribution in [-0.4, -0.2) is 23.1 Å². The third-order valence-electron chi connectivity index (χ3n) is 1.71. The summed E-state index contributed by atoms with van der Waals surface area (Å²) in [5.41, 5.74) is 6.35. The summed E-state index contributed by atoms with van der Waals surface area (Å²) < 4.78 is 0. The van der Waals surface area contributed by atoms with Crippen LogP contribution in [0, 0.1) is 0 Å². The highest BCUT2D eigenvalue weighted by Crippen LogP contribution is 2.21. The van der Waals surface area contributed by atoms with Gasteiger partial charge in [-0.3, -0.25) is 0 Å². The minimum atomic E-state index is 0.501. The van der Waals surface area contributed by atoms with Crippen LogP contribution in [0.2, 0.25) is 0 Å². The zero-order valence-electron chi connectivity index (χ0n) is 8.53. The molecule has 1 aromatic heterocycles. The summed E-state index contributed by atoms with van der Waals surface area (Å²) in [7, 11) is 0. The SMILES string of the molecule is C=CCNc1ncnc(NCC=C)c1N. The predicted octanol–water partition coefficient (Wildman–Crippen LogP) is 1.25. The van der Waals surface area contributed by atoms with E-state index in [1.54, 1.807) is 12.2 Å². The number of rotatable bonds is 6. The van der Waals surface area contributed by atoms with Crippen molar-refractivity contribution in [3.8, 4) is 0 Å². The van der Waals surface area contributed by atoms with Crippen LogP contribution in [0.1, 0.15) is 0 Å². The molecule has 5 heteroatoms. The lowest BCUT2D eigenvalue weighted by molar-refractivity contribution is 1.13. The van der Waals surface area contributed by atoms with Gasteiger partial charge >= 0.3 is 0 Å². The molecule has 5 nitrogen and oxygen atoms in total. The van der Waals surface area contributed by atoms with E-state index in [1.807, 2.05) is 0 Å². The minimum absolute atomic E-state index is 0.501. The van der Waals surface area contributed by atoms with Crippen molar-refractivity contribution < 1.29 is 0 Å². The van der Waals surface area contributed by atoms with Crippen LogP contribution in [0.5, 0.6) is 0 Å². The van der Waals surface area contributed by atoms with E-state index in [4.69, 9.17) is 5.73 Å². The maximum absolute atomic E-state index is 5.85. The lowest BCUT2D eigenvalue weighted by Gasteiger charge is -2.10. The molecule has 1 heterocycles. The van der Waals surface area contributed by atoms with Crippen LogP contribution >= 0.6 is 0 Å². The van der Waals surface area contributed by atoms with Crippen LogP contribution in [0.15, 0.2) is 31.6 Å². The van der Waals surface area contributed by atoms with Crippen molar-refractivity contribution in [3.05, 3.63) is 31.6 Å². The second kappa shape index (κ2) is 5.64. The number of anilines is 3. The number of nitrogens with two attached hydrogens (primary N) is 1. The summed E-state index contributed by atoms with van der Waals surface area (Å²) in [5.74, 6) is 1.22. The molecule has 0 atom stereocenters. The Morgan fingerprint density at radius 1 is 1.13 bits per heavy atom. The van der Waals surface area contributed by atoms with Crippen LogP contribution in [0.4, 0.5) is 17.3 Å². The van der Waals surface area contributed by atoms with Crippen LogP contribution in [-0.2, 0) is 0 Å². The maximum Gasteiger partial charge on any atom is 0.155 e. The van der Waals surface area contributed by atoms with Gasteiger partial charge in [0.2, 0.25) is 0 Å². The van der Waals surface area contributed by atoms with E-state index in [0.29, 0.717) is 30.4 Å². The molecule has 0 amide bonds. The molecule has 1 aromatic rings. The third-order valence-corrected chi connectivity index (χ3v) is 1.71. The fraction of sp³-hybridized carbons (Fsp3) is 0.200. The lowest BCUT2D eigenvalue weighted by atomic mass is 10.4. The number of aromatic nitrogens is 2. The van der Waals surface area contributed by atoms with Crippen molar-refractivity contribution in [2.45, 2.75) is 0 Å². The smallest absolute Gasteiger partial charge is 0.155 e. The summed E-state index contributed by atoms with van der Waals surface area (Å²) in [5, 5.41) is 6.04. The topological polar surface area (TPSA) is 75.9 Å². The molecule has 0 radical (unpaired) electrons. The first-order valence-corrected chi connectivity index (χ1v) is 4.59. The van der Waals surface area contributed by atoms with Crippen molar-refractivity contribution in [3.63, 3.8) is 0 Å². The Bertz CT molecular complexity index is 317. The summed E-state index contributed by atoms with van der Waals surface area (Å²) in [6.07, 6.45) is 4.92. The lowest BCUT2D eigenvalue weighted by Crippen LogP contribution is -2.09. The Morgan fingerprint density at radius 3 is 2.00 bits per heavy atom. The summed E-state index contributed by atoms with van der Waals surface area (Å²) in [4.78, 5) is 8.05. The second-order valence-corrected chi connectivity index (χ2v) is 2.82. The average Bonchev–Trinajstić information content (AvgIpc) is 2.26. The van der Waals surface area contributed by atoms with Crippen molar-refractivity contribution in [1.29, 1.82) is 0 Å². The van der Waals surface area contributed by atoms with E-state index in [9.17, 15) is 0 Å². The van der Waals surface area contributed by atoms with E-state index in [0.717, 1.165) is 0 Å². The van der Waals surface area contributed by atoms with E-state index >= 15 is 0 Å². The maximum atomic E-state index is 5.85. The molecular weight excluding hydrogens is 190 g/mol. The van der Waals surface area contributed by atoms with Crippen molar-refractivity contribution in [2.75, 3.05) is 29.5 Å². The Morgan fingerprint density at radius 2 is 1.60 bits per heavy atom. The highest BCUT2D eigenvalue weighted by molar-refractivity contribution is 5.74. The summed E-state index contributed by atoms with van der Waals surface area (Å²) in [6, 6.07) is 0. The van der Waals surface area contributed by atoms with Gasteiger partial charge in [0, 0.05) is 13.1 Å². The van der Waals surface area contributed by atoms with E-state index < -0.39 is 0 Å². The number of nitrogen functional groups attached to an aromatic ring is 1. The second-order valence-electron chi connectivity index (χ2n) is 2.82. The first-order chi connectivity index (χ1) is 7.29. The quantitative estimate of drug-likeness (QED) is 0.609. The molecule has 0 aromatic carbocycles. The van der Waals surface area contributed by atoms with Gasteiger partial charge in [0.15, 0.2) is 11.6 Å². The first-order valence-electron chi connectivity index (χ1n) is 4.59. The molecule has 0 fully saturated rings. The highest BCUT2D eigenvalue weighted by atomic mass is 15.1. The van der Waals surface area contributed by atoms with E-state index in [-0.39, 0.29) is 0 Å². The fourth-order valence-corrected chi connectivity index (χ4v) is 1.01. The normalized spacial score (nSPS) is 9.33. The van der Waals surface area contributed by atoms with Crippen LogP contribution in [0.25, 0.3) is 0 Å². The Hall–Kier alpha value is -2.04. The number of nitrogens with one attached hydrogen (secondary N) is 2. The van der Waals surface area contributed by atoms with Gasteiger partial charge in [-0.15, -0.1) is 13.2 Å². The molecular formula is C10H15N5. The molecule has 0 unspecified atom stereocenters. The molecule has 0 bridgehead atoms. The monoisotopic (exact) mass is 205 g/mol. The van der Waals surface area contributed by atoms with Gasteiger partial charge in [-0.1, -0.05) is 12.2 Å². The van der Waals surface area contributed by atoms with Gasteiger partial charge in [-0.05, 0) is 0 Å². The van der Waals surface area contributed by atoms with Gasteiger partial charge < -0.3 is 16.4 Å². The number of hydrogen-bond acceptors (Lipinski definition) is 5. The Kier molecular flexibility index (Phi) is 4.15. The van der Waals surface area contributed by atoms with Crippen LogP contribution < -0.4 is 16.4 Å². The summed E-state index contributed by atoms with van der Waals surface area (Å²) in [6.45, 7) is 8.43. The highest BCUT2D eigenvalue weighted by Gasteiger charge is 2.05. The first kappa shape index (κ1) is 11.0. The molecule has 4 N–H and O–H groups in total. The van der Waals surface area contributed by atoms with Crippen molar-refractivity contribution in [1.82, 2.24) is 9.97 Å². The standard InChI is InChI=1S/C10H15N5/c1-3-5-12-9-8(11)10(13-6-4-2)15-7-14-9/h3-4,7H,1-2,5-6,11H2,(H2,12,13,14,15). The fourth-order valence-electron chi connectivity index (χ4n) is 1.01. The largest absolute Gasteiger partial charge is 0.393 e. The third kappa shape index (κ3) is 2.98. The molecule has 0 aliphatic heterocycles. The van der Waals surface area contributed by atoms with Crippen molar-refractivity contribution >= 4 is 17.3 Å². The van der Waals surface area contributed by atoms with E-state index in [2.05, 4.69) is 33.8 Å². The molecule has 0 spiro atoms. The molecule has 0 saturated heterocycles. The van der Waals surface area contributed by atoms with Gasteiger partial charge in [0.05, 0.1) is 0 Å². The van der Waals surface area contributed by atoms with Crippen molar-refractivity contribution in [2.24, 2.45) is 0 Å². The molecule has 0 aliphatic rings. The Balaban J connectivity index is 2.79. The Labute approximate surface area is 89.1 Å².